The summed E-state index contributed by atoms with van der Waals surface area (Å²) in [7, 11) is -4.09. The van der Waals surface area contributed by atoms with Gasteiger partial charge in [-0.05, 0) is 54.7 Å². The first-order valence-electron chi connectivity index (χ1n) is 11.0. The maximum absolute atomic E-state index is 13.7. The molecule has 0 saturated carbocycles. The van der Waals surface area contributed by atoms with Crippen LogP contribution in [-0.4, -0.2) is 36.8 Å². The van der Waals surface area contributed by atoms with Crippen molar-refractivity contribution in [1.29, 1.82) is 0 Å². The van der Waals surface area contributed by atoms with Crippen LogP contribution < -0.4 is 15.8 Å². The number of carbonyl (C=O) groups excluding carboxylic acids is 2. The van der Waals surface area contributed by atoms with Gasteiger partial charge in [0.25, 0.3) is 0 Å². The molecule has 0 fully saturated rings. The first kappa shape index (κ1) is 24.3. The summed E-state index contributed by atoms with van der Waals surface area (Å²) in [6, 6.07) is 12.5. The smallest absolute Gasteiger partial charge is 0.242 e. The molecule has 0 unspecified atom stereocenters. The molecular weight excluding hydrogens is 476 g/mol. The van der Waals surface area contributed by atoms with E-state index in [2.05, 4.69) is 15.0 Å². The molecule has 5 N–H and O–H groups in total. The topological polar surface area (TPSA) is 134 Å². The quantitative estimate of drug-likeness (QED) is 0.395. The minimum Gasteiger partial charge on any atom is -0.368 e. The van der Waals surface area contributed by atoms with E-state index in [0.29, 0.717) is 11.4 Å². The average molecular weight is 503 g/mol. The molecule has 3 aromatic rings. The number of hydrogen-bond acceptors (Lipinski definition) is 4. The second kappa shape index (κ2) is 9.05. The van der Waals surface area contributed by atoms with Gasteiger partial charge in [-0.1, -0.05) is 43.6 Å². The molecule has 8 nitrogen and oxygen atoms in total. The van der Waals surface area contributed by atoms with Gasteiger partial charge in [-0.2, -0.15) is 4.72 Å². The zero-order chi connectivity index (χ0) is 24.7. The summed E-state index contributed by atoms with van der Waals surface area (Å²) < 4.78 is 29.4. The van der Waals surface area contributed by atoms with E-state index in [1.54, 1.807) is 13.8 Å². The number of nitrogens with one attached hydrogen (secondary N) is 3. The van der Waals surface area contributed by atoms with E-state index in [9.17, 15) is 18.0 Å². The van der Waals surface area contributed by atoms with Crippen LogP contribution in [0, 0.1) is 5.92 Å². The highest BCUT2D eigenvalue weighted by molar-refractivity contribution is 7.89. The number of fused-ring (bicyclic) bond motifs is 3. The van der Waals surface area contributed by atoms with E-state index in [1.165, 1.54) is 24.3 Å². The lowest BCUT2D eigenvalue weighted by atomic mass is 9.79. The van der Waals surface area contributed by atoms with E-state index >= 15 is 0 Å². The Bertz CT molecular complexity index is 1350. The summed E-state index contributed by atoms with van der Waals surface area (Å²) in [5, 5.41) is 4.03. The van der Waals surface area contributed by atoms with Gasteiger partial charge in [0.05, 0.1) is 4.90 Å². The van der Waals surface area contributed by atoms with Crippen LogP contribution in [-0.2, 0) is 32.5 Å². The number of aryl methyl sites for hydroxylation is 1. The van der Waals surface area contributed by atoms with E-state index in [1.807, 2.05) is 24.3 Å². The number of H-pyrrole nitrogens is 1. The Kier molecular flexibility index (Phi) is 6.46. The Morgan fingerprint density at radius 2 is 1.79 bits per heavy atom. The SMILES string of the molecule is CC(C)[C@H](NC(=O)[C@]1(NS(=O)(=O)c2ccc(Cl)cc2)CCc2[nH]c3ccccc3c2C1)C(N)=O. The third kappa shape index (κ3) is 4.55. The normalized spacial score (nSPS) is 19.1. The second-order valence-electron chi connectivity index (χ2n) is 9.04. The minimum atomic E-state index is -4.09. The van der Waals surface area contributed by atoms with Crippen LogP contribution in [0.15, 0.2) is 53.4 Å². The molecule has 0 radical (unpaired) electrons. The fraction of sp³-hybridized carbons (Fsp3) is 0.333. The fourth-order valence-electron chi connectivity index (χ4n) is 4.50. The van der Waals surface area contributed by atoms with Gasteiger partial charge >= 0.3 is 0 Å². The van der Waals surface area contributed by atoms with Crippen LogP contribution >= 0.6 is 11.6 Å². The van der Waals surface area contributed by atoms with Gasteiger partial charge in [0.1, 0.15) is 11.6 Å². The van der Waals surface area contributed by atoms with Crippen LogP contribution in [0.3, 0.4) is 0 Å². The molecule has 2 aromatic carbocycles. The van der Waals surface area contributed by atoms with Crippen molar-refractivity contribution in [1.82, 2.24) is 15.0 Å². The molecule has 180 valence electrons. The van der Waals surface area contributed by atoms with Crippen LogP contribution in [0.4, 0.5) is 0 Å². The lowest BCUT2D eigenvalue weighted by molar-refractivity contribution is -0.132. The Morgan fingerprint density at radius 1 is 1.12 bits per heavy atom. The van der Waals surface area contributed by atoms with Crippen molar-refractivity contribution in [2.75, 3.05) is 0 Å². The van der Waals surface area contributed by atoms with Crippen molar-refractivity contribution < 1.29 is 18.0 Å². The Hall–Kier alpha value is -2.88. The van der Waals surface area contributed by atoms with Gasteiger partial charge in [0.15, 0.2) is 0 Å². The monoisotopic (exact) mass is 502 g/mol. The van der Waals surface area contributed by atoms with Gasteiger partial charge in [-0.3, -0.25) is 9.59 Å². The van der Waals surface area contributed by atoms with Crippen LogP contribution in [0.5, 0.6) is 0 Å². The molecule has 0 spiro atoms. The predicted octanol–water partition coefficient (Wildman–Crippen LogP) is 2.65. The number of primary amides is 1. The summed E-state index contributed by atoms with van der Waals surface area (Å²) in [5.74, 6) is -1.53. The molecule has 0 bridgehead atoms. The molecule has 0 aliphatic heterocycles. The molecule has 10 heteroatoms. The van der Waals surface area contributed by atoms with Crippen LogP contribution in [0.25, 0.3) is 10.9 Å². The number of halogens is 1. The number of benzene rings is 2. The highest BCUT2D eigenvalue weighted by Crippen LogP contribution is 2.35. The molecule has 1 aliphatic carbocycles. The minimum absolute atomic E-state index is 0.0101. The molecule has 1 aliphatic rings. The number of amides is 2. The maximum atomic E-state index is 13.7. The third-order valence-corrected chi connectivity index (χ3v) is 8.13. The zero-order valence-corrected chi connectivity index (χ0v) is 20.5. The number of rotatable bonds is 7. The predicted molar refractivity (Wildman–Crippen MR) is 131 cm³/mol. The fourth-order valence-corrected chi connectivity index (χ4v) is 6.02. The van der Waals surface area contributed by atoms with Crippen molar-refractivity contribution in [2.45, 2.75) is 49.6 Å². The number of nitrogens with two attached hydrogens (primary N) is 1. The van der Waals surface area contributed by atoms with Crippen molar-refractivity contribution >= 4 is 44.3 Å². The average Bonchev–Trinajstić information content (AvgIpc) is 3.14. The highest BCUT2D eigenvalue weighted by Gasteiger charge is 2.46. The van der Waals surface area contributed by atoms with Crippen molar-refractivity contribution in [3.05, 3.63) is 64.8 Å². The van der Waals surface area contributed by atoms with Crippen LogP contribution in [0.1, 0.15) is 31.5 Å². The van der Waals surface area contributed by atoms with Crippen molar-refractivity contribution in [3.8, 4) is 0 Å². The number of aromatic nitrogens is 1. The molecule has 2 atom stereocenters. The maximum Gasteiger partial charge on any atom is 0.242 e. The second-order valence-corrected chi connectivity index (χ2v) is 11.2. The molecule has 0 saturated heterocycles. The van der Waals surface area contributed by atoms with Gasteiger partial charge in [-0.25, -0.2) is 8.42 Å². The van der Waals surface area contributed by atoms with E-state index in [0.717, 1.165) is 22.2 Å². The number of carbonyl (C=O) groups is 2. The summed E-state index contributed by atoms with van der Waals surface area (Å²) in [6.45, 7) is 3.53. The van der Waals surface area contributed by atoms with Gasteiger partial charge < -0.3 is 16.0 Å². The third-order valence-electron chi connectivity index (χ3n) is 6.33. The number of hydrogen-bond donors (Lipinski definition) is 4. The molecule has 2 amide bonds. The first-order chi connectivity index (χ1) is 16.0. The van der Waals surface area contributed by atoms with Crippen molar-refractivity contribution in [2.24, 2.45) is 11.7 Å². The van der Waals surface area contributed by atoms with Crippen molar-refractivity contribution in [3.63, 3.8) is 0 Å². The Balaban J connectivity index is 1.77. The van der Waals surface area contributed by atoms with E-state index in [4.69, 9.17) is 17.3 Å². The van der Waals surface area contributed by atoms with E-state index < -0.39 is 33.4 Å². The molecular formula is C24H27ClN4O4S. The molecule has 1 aromatic heterocycles. The molecule has 1 heterocycles. The summed E-state index contributed by atoms with van der Waals surface area (Å²) in [5.41, 5.74) is 6.75. The summed E-state index contributed by atoms with van der Waals surface area (Å²) in [6.07, 6.45) is 0.771. The lowest BCUT2D eigenvalue weighted by Gasteiger charge is -2.37. The van der Waals surface area contributed by atoms with Gasteiger partial charge in [0, 0.05) is 28.0 Å². The number of sulfonamides is 1. The number of aromatic amines is 1. The first-order valence-corrected chi connectivity index (χ1v) is 12.9. The standard InChI is InChI=1S/C24H27ClN4O4S/c1-14(2)21(22(26)30)28-23(31)24(29-34(32,33)16-9-7-15(25)8-10-16)12-11-20-18(13-24)17-5-3-4-6-19(17)27-20/h3-10,14,21,27,29H,11-13H2,1-2H3,(H2,26,30)(H,28,31)/t21-,24-/m0/s1. The summed E-state index contributed by atoms with van der Waals surface area (Å²) in [4.78, 5) is 29.0. The molecule has 34 heavy (non-hydrogen) atoms. The Morgan fingerprint density at radius 3 is 2.44 bits per heavy atom. The molecule has 4 rings (SSSR count). The largest absolute Gasteiger partial charge is 0.368 e. The Labute approximate surface area is 203 Å². The van der Waals surface area contributed by atoms with Gasteiger partial charge in [-0.15, -0.1) is 0 Å². The van der Waals surface area contributed by atoms with E-state index in [-0.39, 0.29) is 23.7 Å². The zero-order valence-electron chi connectivity index (χ0n) is 18.9. The lowest BCUT2D eigenvalue weighted by Crippen LogP contribution is -2.64. The van der Waals surface area contributed by atoms with Gasteiger partial charge in [0.2, 0.25) is 21.8 Å². The summed E-state index contributed by atoms with van der Waals surface area (Å²) >= 11 is 5.92. The number of para-hydroxylation sites is 1. The van der Waals surface area contributed by atoms with Crippen LogP contribution in [0.2, 0.25) is 5.02 Å². The highest BCUT2D eigenvalue weighted by atomic mass is 35.5.